The molecule has 0 bridgehead atoms. The van der Waals surface area contributed by atoms with E-state index in [1.54, 1.807) is 0 Å². The zero-order chi connectivity index (χ0) is 22.6. The molecular weight excluding hydrogens is 997 g/mol. The van der Waals surface area contributed by atoms with Crippen molar-refractivity contribution in [3.8, 4) is 11.5 Å². The van der Waals surface area contributed by atoms with Crippen LogP contribution < -0.4 is 9.64 Å². The number of halogens is 9. The molecule has 2 aromatic carbocycles. The number of hydrogen-bond donors (Lipinski definition) is 0. The minimum absolute atomic E-state index is 0.246. The van der Waals surface area contributed by atoms with Gasteiger partial charge in [-0.15, -0.1) is 0 Å². The number of anilines is 1. The largest absolute Gasteiger partial charge is 0.452 e. The number of benzene rings is 2. The van der Waals surface area contributed by atoms with Crippen molar-refractivity contribution < 1.29 is 14.2 Å². The maximum Gasteiger partial charge on any atom is 0.158 e. The number of epoxide rings is 2. The van der Waals surface area contributed by atoms with Gasteiger partial charge in [-0.2, -0.15) is 0 Å². The van der Waals surface area contributed by atoms with Gasteiger partial charge in [0.15, 0.2) is 11.5 Å². The average molecular weight is 1010 g/mol. The molecule has 31 heavy (non-hydrogen) atoms. The zero-order valence-corrected chi connectivity index (χ0v) is 29.3. The Kier molecular flexibility index (Phi) is 9.11. The van der Waals surface area contributed by atoms with Crippen LogP contribution >= 0.6 is 143 Å². The highest BCUT2D eigenvalue weighted by Gasteiger charge is 2.34. The molecule has 2 unspecified atom stereocenters. The summed E-state index contributed by atoms with van der Waals surface area (Å²) in [5.74, 6) is 1.24. The van der Waals surface area contributed by atoms with Gasteiger partial charge in [0.05, 0.1) is 66.9 Å². The van der Waals surface area contributed by atoms with Gasteiger partial charge in [-0.1, -0.05) is 0 Å². The Balaban J connectivity index is 1.77. The summed E-state index contributed by atoms with van der Waals surface area (Å²) in [6.45, 7) is 3.16. The lowest BCUT2D eigenvalue weighted by molar-refractivity contribution is 0.388. The summed E-state index contributed by atoms with van der Waals surface area (Å²) in [7, 11) is 0. The lowest BCUT2D eigenvalue weighted by Gasteiger charge is -2.28. The lowest BCUT2D eigenvalue weighted by Crippen LogP contribution is -2.32. The Morgan fingerprint density at radius 3 is 1.26 bits per heavy atom. The van der Waals surface area contributed by atoms with Crippen molar-refractivity contribution in [2.75, 3.05) is 31.2 Å². The Labute approximate surface area is 255 Å². The third-order valence-electron chi connectivity index (χ3n) is 4.54. The Hall–Kier alpha value is 2.28. The van der Waals surface area contributed by atoms with E-state index in [0.717, 1.165) is 72.2 Å². The molecule has 0 aromatic heterocycles. The summed E-state index contributed by atoms with van der Waals surface area (Å²) in [5, 5.41) is 0. The van der Waals surface area contributed by atoms with Crippen LogP contribution in [0.15, 0.2) is 40.3 Å². The molecule has 0 spiro atoms. The Morgan fingerprint density at radius 1 is 0.581 bits per heavy atom. The predicted octanol–water partition coefficient (Wildman–Crippen LogP) is 9.95. The van der Waals surface area contributed by atoms with Gasteiger partial charge in [0.1, 0.15) is 0 Å². The second-order valence-electron chi connectivity index (χ2n) is 6.75. The van der Waals surface area contributed by atoms with Crippen molar-refractivity contribution in [3.63, 3.8) is 0 Å². The highest BCUT2D eigenvalue weighted by Crippen LogP contribution is 2.55. The molecule has 0 radical (unpaired) electrons. The molecular formula is C18H10Br9NO3. The predicted molar refractivity (Wildman–Crippen MR) is 154 cm³/mol. The van der Waals surface area contributed by atoms with E-state index >= 15 is 0 Å². The summed E-state index contributed by atoms with van der Waals surface area (Å²) in [6.07, 6.45) is 0.491. The quantitative estimate of drug-likeness (QED) is 0.157. The second-order valence-corrected chi connectivity index (χ2v) is 13.9. The first-order valence-corrected chi connectivity index (χ1v) is 15.8. The molecule has 4 rings (SSSR count). The van der Waals surface area contributed by atoms with E-state index in [9.17, 15) is 0 Å². The maximum atomic E-state index is 6.41. The van der Waals surface area contributed by atoms with Crippen molar-refractivity contribution in [2.45, 2.75) is 12.2 Å². The highest BCUT2D eigenvalue weighted by molar-refractivity contribution is 9.16. The third kappa shape index (κ3) is 5.67. The molecule has 2 heterocycles. The number of nitrogens with zero attached hydrogens (tertiary/aromatic N) is 1. The van der Waals surface area contributed by atoms with Crippen molar-refractivity contribution >= 4 is 149 Å². The molecule has 0 amide bonds. The van der Waals surface area contributed by atoms with Gasteiger partial charge in [-0.3, -0.25) is 0 Å². The van der Waals surface area contributed by atoms with Crippen molar-refractivity contribution in [2.24, 2.45) is 0 Å². The molecule has 0 saturated carbocycles. The minimum atomic E-state index is 0.246. The van der Waals surface area contributed by atoms with E-state index in [-0.39, 0.29) is 12.2 Å². The number of rotatable bonds is 7. The van der Waals surface area contributed by atoms with Crippen LogP contribution in [0.1, 0.15) is 0 Å². The fraction of sp³-hybridized carbons (Fsp3) is 0.333. The molecule has 4 nitrogen and oxygen atoms in total. The van der Waals surface area contributed by atoms with E-state index in [1.165, 1.54) is 0 Å². The molecule has 2 aromatic rings. The normalized spacial score (nSPS) is 19.5. The summed E-state index contributed by atoms with van der Waals surface area (Å²) in [6, 6.07) is 0. The fourth-order valence-electron chi connectivity index (χ4n) is 2.84. The Morgan fingerprint density at radius 2 is 0.903 bits per heavy atom. The van der Waals surface area contributed by atoms with Gasteiger partial charge in [0.2, 0.25) is 0 Å². The maximum absolute atomic E-state index is 6.41. The van der Waals surface area contributed by atoms with E-state index in [0.29, 0.717) is 11.5 Å². The third-order valence-corrected chi connectivity index (χ3v) is 14.7. The first kappa shape index (κ1) is 26.3. The molecule has 168 valence electrons. The van der Waals surface area contributed by atoms with Gasteiger partial charge in [0.25, 0.3) is 0 Å². The fourth-order valence-corrected chi connectivity index (χ4v) is 8.74. The van der Waals surface area contributed by atoms with E-state index in [1.807, 2.05) is 0 Å². The highest BCUT2D eigenvalue weighted by atomic mass is 79.9. The standard InChI is InChI=1S/C18H10Br9NO3/c19-7-8(20)12(24)17(13(25)9(7)21)31-18-14(26)10(22)16(11(23)15(18)27)28(1-5-3-29-5)2-6-4-30-6/h5-6H,1-4H2. The Bertz CT molecular complexity index is 985. The summed E-state index contributed by atoms with van der Waals surface area (Å²) >= 11 is 33.0. The van der Waals surface area contributed by atoms with E-state index in [2.05, 4.69) is 148 Å². The molecule has 2 saturated heterocycles. The van der Waals surface area contributed by atoms with Gasteiger partial charge in [0, 0.05) is 17.6 Å². The molecule has 2 atom stereocenters. The summed E-state index contributed by atoms with van der Waals surface area (Å²) in [4.78, 5) is 2.28. The second kappa shape index (κ2) is 10.7. The molecule has 2 fully saturated rings. The molecule has 2 aliphatic heterocycles. The van der Waals surface area contributed by atoms with Crippen LogP contribution in [0.25, 0.3) is 0 Å². The molecule has 2 aliphatic rings. The average Bonchev–Trinajstić information content (AvgIpc) is 3.66. The SMILES string of the molecule is Brc1c(Br)c(Br)c(Oc2c(Br)c(Br)c(N(CC3CO3)CC3CO3)c(Br)c2Br)c(Br)c1Br. The van der Waals surface area contributed by atoms with Gasteiger partial charge in [-0.25, -0.2) is 0 Å². The van der Waals surface area contributed by atoms with Crippen LogP contribution in [0.2, 0.25) is 0 Å². The monoisotopic (exact) mass is 998 g/mol. The smallest absolute Gasteiger partial charge is 0.158 e. The minimum Gasteiger partial charge on any atom is -0.452 e. The topological polar surface area (TPSA) is 37.5 Å². The van der Waals surface area contributed by atoms with Gasteiger partial charge >= 0.3 is 0 Å². The first-order valence-electron chi connectivity index (χ1n) is 8.65. The van der Waals surface area contributed by atoms with Crippen LogP contribution in [-0.2, 0) is 9.47 Å². The van der Waals surface area contributed by atoms with Gasteiger partial charge in [-0.05, 0) is 143 Å². The molecule has 13 heteroatoms. The van der Waals surface area contributed by atoms with Crippen LogP contribution in [0.3, 0.4) is 0 Å². The summed E-state index contributed by atoms with van der Waals surface area (Å²) in [5.41, 5.74) is 1.01. The van der Waals surface area contributed by atoms with Crippen LogP contribution in [0.4, 0.5) is 5.69 Å². The zero-order valence-electron chi connectivity index (χ0n) is 15.1. The van der Waals surface area contributed by atoms with Crippen LogP contribution in [0.5, 0.6) is 11.5 Å². The lowest BCUT2D eigenvalue weighted by atomic mass is 10.2. The van der Waals surface area contributed by atoms with E-state index in [4.69, 9.17) is 14.2 Å². The first-order chi connectivity index (χ1) is 14.6. The van der Waals surface area contributed by atoms with E-state index < -0.39 is 0 Å². The molecule has 0 aliphatic carbocycles. The van der Waals surface area contributed by atoms with Crippen LogP contribution in [-0.4, -0.2) is 38.5 Å². The summed E-state index contributed by atoms with van der Waals surface area (Å²) < 4.78 is 24.8. The van der Waals surface area contributed by atoms with Crippen LogP contribution in [0, 0.1) is 0 Å². The number of hydrogen-bond acceptors (Lipinski definition) is 4. The number of ether oxygens (including phenoxy) is 3. The van der Waals surface area contributed by atoms with Crippen molar-refractivity contribution in [1.82, 2.24) is 0 Å². The van der Waals surface area contributed by atoms with Gasteiger partial charge < -0.3 is 19.1 Å². The van der Waals surface area contributed by atoms with Crippen molar-refractivity contribution in [3.05, 3.63) is 40.3 Å². The van der Waals surface area contributed by atoms with Crippen molar-refractivity contribution in [1.29, 1.82) is 0 Å². The molecule has 0 N–H and O–H groups in total.